The highest BCUT2D eigenvalue weighted by atomic mass is 32.2. The molecular weight excluding hydrogens is 359 g/mol. The molecule has 0 aromatic heterocycles. The third kappa shape index (κ3) is 5.45. The minimum atomic E-state index is -0.496. The highest BCUT2D eigenvalue weighted by Crippen LogP contribution is 2.28. The van der Waals surface area contributed by atoms with Crippen LogP contribution in [0.1, 0.15) is 16.7 Å². The summed E-state index contributed by atoms with van der Waals surface area (Å²) in [7, 11) is 1.38. The van der Waals surface area contributed by atoms with E-state index in [1.807, 2.05) is 0 Å². The number of aryl methyl sites for hydroxylation is 1. The van der Waals surface area contributed by atoms with Gasteiger partial charge < -0.3 is 10.1 Å². The van der Waals surface area contributed by atoms with Crippen molar-refractivity contribution < 1.29 is 18.8 Å². The third-order valence-corrected chi connectivity index (χ3v) is 4.66. The molecule has 8 heteroatoms. The zero-order valence-corrected chi connectivity index (χ0v) is 15.3. The summed E-state index contributed by atoms with van der Waals surface area (Å²) in [5.41, 5.74) is 2.01. The number of benzene rings is 2. The van der Waals surface area contributed by atoms with Crippen molar-refractivity contribution in [3.8, 4) is 5.75 Å². The number of nitrogens with zero attached hydrogens (tertiary/aromatic N) is 1. The van der Waals surface area contributed by atoms with Crippen LogP contribution < -0.4 is 10.1 Å². The van der Waals surface area contributed by atoms with Crippen LogP contribution >= 0.6 is 11.8 Å². The summed E-state index contributed by atoms with van der Waals surface area (Å²) in [5, 5.41) is 13.8. The highest BCUT2D eigenvalue weighted by molar-refractivity contribution is 7.99. The van der Waals surface area contributed by atoms with Crippen LogP contribution in [-0.2, 0) is 17.1 Å². The van der Waals surface area contributed by atoms with Gasteiger partial charge in [-0.2, -0.15) is 0 Å². The van der Waals surface area contributed by atoms with Crippen molar-refractivity contribution in [2.45, 2.75) is 19.2 Å². The molecule has 0 aliphatic heterocycles. The number of methoxy groups -OCH3 is 1. The molecule has 0 saturated carbocycles. The largest absolute Gasteiger partial charge is 0.490 e. The van der Waals surface area contributed by atoms with Gasteiger partial charge >= 0.3 is 5.69 Å². The minimum absolute atomic E-state index is 0.0956. The average Bonchev–Trinajstić information content (AvgIpc) is 2.62. The van der Waals surface area contributed by atoms with E-state index in [9.17, 15) is 19.3 Å². The molecule has 26 heavy (non-hydrogen) atoms. The van der Waals surface area contributed by atoms with Gasteiger partial charge in [-0.3, -0.25) is 14.9 Å². The smallest absolute Gasteiger partial charge is 0.311 e. The normalized spacial score (nSPS) is 10.4. The lowest BCUT2D eigenvalue weighted by molar-refractivity contribution is -0.385. The standard InChI is InChI=1S/C18H19FN2O4S/c1-12-7-13(3-5-15(12)19)9-20-18(22)11-26-10-14-4-6-17(25-2)16(8-14)21(23)24/h3-8H,9-11H2,1-2H3,(H,20,22). The summed E-state index contributed by atoms with van der Waals surface area (Å²) in [5.74, 6) is 0.466. The summed E-state index contributed by atoms with van der Waals surface area (Å²) >= 11 is 1.35. The Morgan fingerprint density at radius 1 is 1.27 bits per heavy atom. The molecule has 2 rings (SSSR count). The predicted molar refractivity (Wildman–Crippen MR) is 98.8 cm³/mol. The molecule has 0 saturated heterocycles. The molecule has 138 valence electrons. The number of carbonyl (C=O) groups is 1. The van der Waals surface area contributed by atoms with Crippen molar-refractivity contribution >= 4 is 23.4 Å². The molecule has 0 atom stereocenters. The molecule has 0 spiro atoms. The van der Waals surface area contributed by atoms with Gasteiger partial charge in [0.15, 0.2) is 5.75 Å². The van der Waals surface area contributed by atoms with Crippen LogP contribution in [-0.4, -0.2) is 23.7 Å². The number of carbonyl (C=O) groups excluding carboxylic acids is 1. The van der Waals surface area contributed by atoms with Crippen molar-refractivity contribution in [3.05, 3.63) is 69.0 Å². The van der Waals surface area contributed by atoms with E-state index >= 15 is 0 Å². The summed E-state index contributed by atoms with van der Waals surface area (Å²) in [4.78, 5) is 22.4. The van der Waals surface area contributed by atoms with E-state index in [0.29, 0.717) is 17.9 Å². The highest BCUT2D eigenvalue weighted by Gasteiger charge is 2.15. The molecule has 0 bridgehead atoms. The van der Waals surface area contributed by atoms with Crippen LogP contribution in [0.25, 0.3) is 0 Å². The number of amides is 1. The van der Waals surface area contributed by atoms with Gasteiger partial charge in [0.05, 0.1) is 17.8 Å². The van der Waals surface area contributed by atoms with Crippen molar-refractivity contribution in [2.24, 2.45) is 0 Å². The lowest BCUT2D eigenvalue weighted by atomic mass is 10.1. The first-order valence-electron chi connectivity index (χ1n) is 7.81. The maximum Gasteiger partial charge on any atom is 0.311 e. The van der Waals surface area contributed by atoms with Crippen molar-refractivity contribution in [1.82, 2.24) is 5.32 Å². The monoisotopic (exact) mass is 378 g/mol. The van der Waals surface area contributed by atoms with Gasteiger partial charge in [0.2, 0.25) is 5.91 Å². The number of halogens is 1. The zero-order chi connectivity index (χ0) is 19.1. The molecule has 0 unspecified atom stereocenters. The number of hydrogen-bond acceptors (Lipinski definition) is 5. The van der Waals surface area contributed by atoms with Crippen molar-refractivity contribution in [3.63, 3.8) is 0 Å². The fraction of sp³-hybridized carbons (Fsp3) is 0.278. The fourth-order valence-corrected chi connectivity index (χ4v) is 3.10. The Morgan fingerprint density at radius 3 is 2.65 bits per heavy atom. The number of thioether (sulfide) groups is 1. The number of ether oxygens (including phenoxy) is 1. The number of nitro groups is 1. The third-order valence-electron chi connectivity index (χ3n) is 3.65. The van der Waals surface area contributed by atoms with Crippen LogP contribution in [0.3, 0.4) is 0 Å². The van der Waals surface area contributed by atoms with E-state index in [0.717, 1.165) is 11.1 Å². The Balaban J connectivity index is 1.81. The van der Waals surface area contributed by atoms with Gasteiger partial charge in [0.25, 0.3) is 0 Å². The molecule has 0 aliphatic carbocycles. The molecule has 0 radical (unpaired) electrons. The van der Waals surface area contributed by atoms with Gasteiger partial charge in [-0.05, 0) is 35.7 Å². The van der Waals surface area contributed by atoms with Crippen LogP contribution in [0.15, 0.2) is 36.4 Å². The van der Waals surface area contributed by atoms with Crippen LogP contribution in [0.5, 0.6) is 5.75 Å². The molecule has 0 aliphatic rings. The number of nitrogens with one attached hydrogen (secondary N) is 1. The lowest BCUT2D eigenvalue weighted by Crippen LogP contribution is -2.24. The van der Waals surface area contributed by atoms with E-state index in [2.05, 4.69) is 5.32 Å². The number of rotatable bonds is 8. The summed E-state index contributed by atoms with van der Waals surface area (Å²) in [6.45, 7) is 2.00. The molecule has 1 amide bonds. The fourth-order valence-electron chi connectivity index (χ4n) is 2.30. The lowest BCUT2D eigenvalue weighted by Gasteiger charge is -2.07. The number of hydrogen-bond donors (Lipinski definition) is 1. The molecule has 0 heterocycles. The maximum atomic E-state index is 13.2. The Bertz CT molecular complexity index is 814. The van der Waals surface area contributed by atoms with Crippen LogP contribution in [0, 0.1) is 22.9 Å². The van der Waals surface area contributed by atoms with E-state index < -0.39 is 4.92 Å². The van der Waals surface area contributed by atoms with E-state index in [4.69, 9.17) is 4.74 Å². The molecule has 6 nitrogen and oxygen atoms in total. The quantitative estimate of drug-likeness (QED) is 0.561. The van der Waals surface area contributed by atoms with Gasteiger partial charge in [-0.1, -0.05) is 18.2 Å². The van der Waals surface area contributed by atoms with E-state index in [-0.39, 0.29) is 28.9 Å². The molecule has 2 aromatic carbocycles. The first kappa shape index (κ1) is 19.7. The Morgan fingerprint density at radius 2 is 2.00 bits per heavy atom. The van der Waals surface area contributed by atoms with Crippen LogP contribution in [0.2, 0.25) is 0 Å². The molecule has 2 aromatic rings. The first-order valence-corrected chi connectivity index (χ1v) is 8.97. The van der Waals surface area contributed by atoms with Gasteiger partial charge in [0, 0.05) is 18.4 Å². The van der Waals surface area contributed by atoms with Crippen molar-refractivity contribution in [1.29, 1.82) is 0 Å². The van der Waals surface area contributed by atoms with Crippen molar-refractivity contribution in [2.75, 3.05) is 12.9 Å². The average molecular weight is 378 g/mol. The second-order valence-corrected chi connectivity index (χ2v) is 6.60. The molecule has 1 N–H and O–H groups in total. The van der Waals surface area contributed by atoms with E-state index in [1.54, 1.807) is 31.2 Å². The zero-order valence-electron chi connectivity index (χ0n) is 14.5. The molecular formula is C18H19FN2O4S. The SMILES string of the molecule is COc1ccc(CSCC(=O)NCc2ccc(F)c(C)c2)cc1[N+](=O)[O-]. The van der Waals surface area contributed by atoms with Gasteiger partial charge in [-0.25, -0.2) is 4.39 Å². The van der Waals surface area contributed by atoms with Gasteiger partial charge in [0.1, 0.15) is 5.82 Å². The minimum Gasteiger partial charge on any atom is -0.490 e. The predicted octanol–water partition coefficient (Wildman–Crippen LogP) is 3.60. The Labute approximate surface area is 154 Å². The van der Waals surface area contributed by atoms with E-state index in [1.165, 1.54) is 31.0 Å². The first-order chi connectivity index (χ1) is 12.4. The Hall–Kier alpha value is -2.61. The summed E-state index contributed by atoms with van der Waals surface area (Å²) in [6.07, 6.45) is 0. The molecule has 0 fully saturated rings. The summed E-state index contributed by atoms with van der Waals surface area (Å²) in [6, 6.07) is 9.43. The maximum absolute atomic E-state index is 13.2. The number of nitro benzene ring substituents is 1. The second-order valence-electron chi connectivity index (χ2n) is 5.62. The topological polar surface area (TPSA) is 81.5 Å². The Kier molecular flexibility index (Phi) is 6.97. The second kappa shape index (κ2) is 9.19. The van der Waals surface area contributed by atoms with Crippen LogP contribution in [0.4, 0.5) is 10.1 Å². The summed E-state index contributed by atoms with van der Waals surface area (Å²) < 4.78 is 18.2. The van der Waals surface area contributed by atoms with Gasteiger partial charge in [-0.15, -0.1) is 11.8 Å².